The van der Waals surface area contributed by atoms with Gasteiger partial charge >= 0.3 is 5.69 Å². The van der Waals surface area contributed by atoms with Crippen LogP contribution in [0.4, 0.5) is 0 Å². The van der Waals surface area contributed by atoms with E-state index in [1.165, 1.54) is 10.8 Å². The molecule has 2 N–H and O–H groups in total. The quantitative estimate of drug-likeness (QED) is 0.870. The summed E-state index contributed by atoms with van der Waals surface area (Å²) in [4.78, 5) is 15.2. The maximum absolute atomic E-state index is 11.5. The lowest BCUT2D eigenvalue weighted by Gasteiger charge is -2.14. The minimum absolute atomic E-state index is 0.253. The summed E-state index contributed by atoms with van der Waals surface area (Å²) in [5.41, 5.74) is 6.79. The third-order valence-electron chi connectivity index (χ3n) is 2.96. The first-order valence-corrected chi connectivity index (χ1v) is 6.70. The lowest BCUT2D eigenvalue weighted by molar-refractivity contribution is 0.317. The monoisotopic (exact) mass is 273 g/mol. The fourth-order valence-corrected chi connectivity index (χ4v) is 1.87. The van der Waals surface area contributed by atoms with Gasteiger partial charge in [-0.15, -0.1) is 0 Å². The van der Waals surface area contributed by atoms with Crippen molar-refractivity contribution in [3.8, 4) is 5.75 Å². The van der Waals surface area contributed by atoms with Crippen molar-refractivity contribution in [3.05, 3.63) is 58.8 Å². The molecule has 2 aromatic rings. The first-order valence-electron chi connectivity index (χ1n) is 6.70. The molecule has 0 spiro atoms. The van der Waals surface area contributed by atoms with Crippen molar-refractivity contribution in [1.82, 2.24) is 9.55 Å². The highest BCUT2D eigenvalue weighted by atomic mass is 16.5. The number of aromatic nitrogens is 2. The van der Waals surface area contributed by atoms with E-state index in [0.29, 0.717) is 13.2 Å². The van der Waals surface area contributed by atoms with E-state index in [1.807, 2.05) is 24.3 Å². The molecule has 0 saturated heterocycles. The highest BCUT2D eigenvalue weighted by Gasteiger charge is 2.08. The second kappa shape index (κ2) is 6.86. The molecule has 0 bridgehead atoms. The van der Waals surface area contributed by atoms with Crippen molar-refractivity contribution in [2.24, 2.45) is 5.73 Å². The standard InChI is InChI=1S/C15H19N3O2/c1-2-10-20-13-6-4-12(5-7-13)14(16)11-18-9-3-8-17-15(18)19/h3-9,14H,2,10-11,16H2,1H3. The van der Waals surface area contributed by atoms with E-state index in [1.54, 1.807) is 12.3 Å². The number of ether oxygens (including phenoxy) is 1. The number of nitrogens with two attached hydrogens (primary N) is 1. The highest BCUT2D eigenvalue weighted by Crippen LogP contribution is 2.17. The van der Waals surface area contributed by atoms with Gasteiger partial charge < -0.3 is 10.5 Å². The van der Waals surface area contributed by atoms with Crippen LogP contribution in [0.1, 0.15) is 24.9 Å². The molecule has 0 aliphatic heterocycles. The van der Waals surface area contributed by atoms with Gasteiger partial charge in [0.25, 0.3) is 0 Å². The van der Waals surface area contributed by atoms with Gasteiger partial charge in [-0.1, -0.05) is 19.1 Å². The van der Waals surface area contributed by atoms with E-state index >= 15 is 0 Å². The van der Waals surface area contributed by atoms with Crippen molar-refractivity contribution in [1.29, 1.82) is 0 Å². The average Bonchev–Trinajstić information content (AvgIpc) is 2.48. The largest absolute Gasteiger partial charge is 0.494 e. The number of nitrogens with zero attached hydrogens (tertiary/aromatic N) is 2. The Labute approximate surface area is 118 Å². The molecule has 5 nitrogen and oxygen atoms in total. The first-order chi connectivity index (χ1) is 9.70. The Morgan fingerprint density at radius 1 is 1.35 bits per heavy atom. The van der Waals surface area contributed by atoms with Crippen molar-refractivity contribution in [2.45, 2.75) is 25.9 Å². The third-order valence-corrected chi connectivity index (χ3v) is 2.96. The molecule has 5 heteroatoms. The van der Waals surface area contributed by atoms with Gasteiger partial charge in [0, 0.05) is 25.0 Å². The van der Waals surface area contributed by atoms with Crippen LogP contribution in [-0.2, 0) is 6.54 Å². The molecule has 1 heterocycles. The summed E-state index contributed by atoms with van der Waals surface area (Å²) in [6.07, 6.45) is 4.14. The highest BCUT2D eigenvalue weighted by molar-refractivity contribution is 5.29. The summed E-state index contributed by atoms with van der Waals surface area (Å²) in [6, 6.07) is 9.12. The Bertz CT molecular complexity index is 593. The molecule has 0 saturated carbocycles. The van der Waals surface area contributed by atoms with Gasteiger partial charge in [0.15, 0.2) is 0 Å². The zero-order valence-electron chi connectivity index (χ0n) is 11.5. The topological polar surface area (TPSA) is 70.1 Å². The van der Waals surface area contributed by atoms with E-state index < -0.39 is 0 Å². The van der Waals surface area contributed by atoms with E-state index in [0.717, 1.165) is 17.7 Å². The Hall–Kier alpha value is -2.14. The van der Waals surface area contributed by atoms with Crippen LogP contribution in [0.25, 0.3) is 0 Å². The summed E-state index contributed by atoms with van der Waals surface area (Å²) < 4.78 is 7.03. The third kappa shape index (κ3) is 3.68. The van der Waals surface area contributed by atoms with Crippen LogP contribution in [-0.4, -0.2) is 16.2 Å². The Morgan fingerprint density at radius 3 is 2.75 bits per heavy atom. The molecule has 0 radical (unpaired) electrons. The minimum Gasteiger partial charge on any atom is -0.494 e. The molecule has 1 unspecified atom stereocenters. The predicted octanol–water partition coefficient (Wildman–Crippen LogP) is 1.73. The smallest absolute Gasteiger partial charge is 0.347 e. The van der Waals surface area contributed by atoms with Crippen LogP contribution in [0.15, 0.2) is 47.5 Å². The molecular weight excluding hydrogens is 254 g/mol. The lowest BCUT2D eigenvalue weighted by Crippen LogP contribution is -2.27. The van der Waals surface area contributed by atoms with Crippen LogP contribution in [0.3, 0.4) is 0 Å². The van der Waals surface area contributed by atoms with Gasteiger partial charge in [-0.2, -0.15) is 0 Å². The van der Waals surface area contributed by atoms with E-state index in [4.69, 9.17) is 10.5 Å². The number of rotatable bonds is 6. The molecule has 0 aliphatic rings. The summed E-state index contributed by atoms with van der Waals surface area (Å²) >= 11 is 0. The van der Waals surface area contributed by atoms with Gasteiger partial charge in [-0.05, 0) is 30.2 Å². The maximum atomic E-state index is 11.5. The van der Waals surface area contributed by atoms with Gasteiger partial charge in [-0.25, -0.2) is 9.78 Å². The fourth-order valence-electron chi connectivity index (χ4n) is 1.87. The van der Waals surface area contributed by atoms with Crippen LogP contribution < -0.4 is 16.2 Å². The first kappa shape index (κ1) is 14.3. The van der Waals surface area contributed by atoms with Gasteiger partial charge in [0.2, 0.25) is 0 Å². The van der Waals surface area contributed by atoms with E-state index in [9.17, 15) is 4.79 Å². The molecule has 1 aromatic carbocycles. The molecular formula is C15H19N3O2. The second-order valence-corrected chi connectivity index (χ2v) is 4.58. The van der Waals surface area contributed by atoms with Gasteiger partial charge in [-0.3, -0.25) is 4.57 Å². The number of hydrogen-bond donors (Lipinski definition) is 1. The van der Waals surface area contributed by atoms with Crippen molar-refractivity contribution in [3.63, 3.8) is 0 Å². The summed E-state index contributed by atoms with van der Waals surface area (Å²) in [6.45, 7) is 3.17. The molecule has 1 atom stereocenters. The molecule has 20 heavy (non-hydrogen) atoms. The lowest BCUT2D eigenvalue weighted by atomic mass is 10.1. The summed E-state index contributed by atoms with van der Waals surface area (Å²) in [5, 5.41) is 0. The van der Waals surface area contributed by atoms with E-state index in [-0.39, 0.29) is 11.7 Å². The van der Waals surface area contributed by atoms with Crippen molar-refractivity contribution in [2.75, 3.05) is 6.61 Å². The molecule has 0 fully saturated rings. The second-order valence-electron chi connectivity index (χ2n) is 4.58. The maximum Gasteiger partial charge on any atom is 0.347 e. The molecule has 106 valence electrons. The minimum atomic E-state index is -0.286. The van der Waals surface area contributed by atoms with E-state index in [2.05, 4.69) is 11.9 Å². The molecule has 2 rings (SSSR count). The number of benzene rings is 1. The normalized spacial score (nSPS) is 12.1. The van der Waals surface area contributed by atoms with Crippen LogP contribution >= 0.6 is 0 Å². The average molecular weight is 273 g/mol. The summed E-state index contributed by atoms with van der Waals surface area (Å²) in [7, 11) is 0. The van der Waals surface area contributed by atoms with Crippen molar-refractivity contribution < 1.29 is 4.74 Å². The van der Waals surface area contributed by atoms with Crippen LogP contribution in [0.2, 0.25) is 0 Å². The number of hydrogen-bond acceptors (Lipinski definition) is 4. The molecule has 1 aromatic heterocycles. The van der Waals surface area contributed by atoms with Crippen LogP contribution in [0.5, 0.6) is 5.75 Å². The molecule has 0 aliphatic carbocycles. The zero-order valence-corrected chi connectivity index (χ0v) is 11.5. The van der Waals surface area contributed by atoms with Gasteiger partial charge in [0.05, 0.1) is 6.61 Å². The van der Waals surface area contributed by atoms with Crippen LogP contribution in [0, 0.1) is 0 Å². The summed E-state index contributed by atoms with van der Waals surface area (Å²) in [5.74, 6) is 0.835. The zero-order chi connectivity index (χ0) is 14.4. The predicted molar refractivity (Wildman–Crippen MR) is 77.7 cm³/mol. The van der Waals surface area contributed by atoms with Crippen molar-refractivity contribution >= 4 is 0 Å². The fraction of sp³-hybridized carbons (Fsp3) is 0.333. The molecule has 0 amide bonds. The Morgan fingerprint density at radius 2 is 2.10 bits per heavy atom. The Balaban J connectivity index is 2.04. The Kier molecular flexibility index (Phi) is 4.90. The SMILES string of the molecule is CCCOc1ccc(C(N)Cn2cccnc2=O)cc1. The van der Waals surface area contributed by atoms with Gasteiger partial charge in [0.1, 0.15) is 5.75 Å².